The summed E-state index contributed by atoms with van der Waals surface area (Å²) in [6, 6.07) is 0. The minimum absolute atomic E-state index is 0.172. The van der Waals surface area contributed by atoms with Crippen LogP contribution < -0.4 is 16.0 Å². The average Bonchev–Trinajstić information content (AvgIpc) is 2.55. The Labute approximate surface area is 145 Å². The molecule has 1 aliphatic carbocycles. The van der Waals surface area contributed by atoms with E-state index in [1.807, 2.05) is 11.8 Å². The second-order valence-corrected chi connectivity index (χ2v) is 8.39. The van der Waals surface area contributed by atoms with Gasteiger partial charge in [-0.25, -0.2) is 0 Å². The first-order chi connectivity index (χ1) is 11.0. The van der Waals surface area contributed by atoms with Gasteiger partial charge in [0.25, 0.3) is 0 Å². The lowest BCUT2D eigenvalue weighted by Crippen LogP contribution is -2.45. The third kappa shape index (κ3) is 9.08. The predicted octanol–water partition coefficient (Wildman–Crippen LogP) is 2.38. The summed E-state index contributed by atoms with van der Waals surface area (Å²) in [7, 11) is 1.77. The summed E-state index contributed by atoms with van der Waals surface area (Å²) < 4.78 is 0.172. The molecule has 1 aliphatic rings. The zero-order valence-electron chi connectivity index (χ0n) is 15.2. The lowest BCUT2D eigenvalue weighted by Gasteiger charge is -2.24. The van der Waals surface area contributed by atoms with Gasteiger partial charge in [-0.05, 0) is 38.9 Å². The molecule has 0 radical (unpaired) electrons. The number of aliphatic imine (C=N–C) groups is 1. The van der Waals surface area contributed by atoms with E-state index in [1.165, 1.54) is 32.1 Å². The van der Waals surface area contributed by atoms with E-state index in [0.717, 1.165) is 12.5 Å². The molecule has 1 rings (SSSR count). The average molecular weight is 343 g/mol. The Balaban J connectivity index is 2.13. The smallest absolute Gasteiger partial charge is 0.220 e. The third-order valence-corrected chi connectivity index (χ3v) is 5.65. The van der Waals surface area contributed by atoms with Crippen molar-refractivity contribution in [1.29, 1.82) is 0 Å². The van der Waals surface area contributed by atoms with E-state index < -0.39 is 0 Å². The number of carbonyl (C=O) groups excluding carboxylic acids is 1. The zero-order valence-corrected chi connectivity index (χ0v) is 16.0. The lowest BCUT2D eigenvalue weighted by molar-refractivity contribution is -0.122. The van der Waals surface area contributed by atoms with E-state index in [9.17, 15) is 4.79 Å². The molecule has 0 aromatic heterocycles. The Morgan fingerprint density at radius 3 is 2.39 bits per heavy atom. The molecule has 0 heterocycles. The highest BCUT2D eigenvalue weighted by Crippen LogP contribution is 2.25. The van der Waals surface area contributed by atoms with Gasteiger partial charge in [-0.3, -0.25) is 9.79 Å². The van der Waals surface area contributed by atoms with Gasteiger partial charge in [-0.1, -0.05) is 19.3 Å². The first-order valence-corrected chi connectivity index (χ1v) is 9.95. The Kier molecular flexibility index (Phi) is 9.44. The van der Waals surface area contributed by atoms with Crippen LogP contribution in [0.4, 0.5) is 0 Å². The summed E-state index contributed by atoms with van der Waals surface area (Å²) in [6.45, 7) is 6.57. The number of hydrogen-bond donors (Lipinski definition) is 3. The number of guanidine groups is 1. The Morgan fingerprint density at radius 1 is 1.13 bits per heavy atom. The quantitative estimate of drug-likeness (QED) is 0.360. The van der Waals surface area contributed by atoms with Crippen LogP contribution in [-0.2, 0) is 4.79 Å². The van der Waals surface area contributed by atoms with Gasteiger partial charge in [0.1, 0.15) is 0 Å². The van der Waals surface area contributed by atoms with Gasteiger partial charge < -0.3 is 16.0 Å². The van der Waals surface area contributed by atoms with Crippen molar-refractivity contribution in [3.8, 4) is 0 Å². The summed E-state index contributed by atoms with van der Waals surface area (Å²) in [5.74, 6) is 1.57. The van der Waals surface area contributed by atoms with Crippen molar-refractivity contribution in [2.45, 2.75) is 57.1 Å². The molecule has 134 valence electrons. The van der Waals surface area contributed by atoms with Gasteiger partial charge >= 0.3 is 0 Å². The van der Waals surface area contributed by atoms with Crippen LogP contribution in [0.5, 0.6) is 0 Å². The molecule has 1 fully saturated rings. The maximum Gasteiger partial charge on any atom is 0.220 e. The number of nitrogens with one attached hydrogen (secondary N) is 3. The third-order valence-electron chi connectivity index (χ3n) is 4.40. The second-order valence-electron chi connectivity index (χ2n) is 6.87. The highest BCUT2D eigenvalue weighted by Gasteiger charge is 2.17. The fourth-order valence-electron chi connectivity index (χ4n) is 2.70. The van der Waals surface area contributed by atoms with E-state index >= 15 is 0 Å². The molecule has 0 saturated heterocycles. The summed E-state index contributed by atoms with van der Waals surface area (Å²) in [5.41, 5.74) is 0. The Morgan fingerprint density at radius 2 is 1.78 bits per heavy atom. The van der Waals surface area contributed by atoms with Gasteiger partial charge in [0.05, 0.1) is 0 Å². The molecule has 0 aromatic rings. The van der Waals surface area contributed by atoms with Crippen LogP contribution >= 0.6 is 11.8 Å². The van der Waals surface area contributed by atoms with Crippen LogP contribution in [0, 0.1) is 5.92 Å². The predicted molar refractivity (Wildman–Crippen MR) is 101 cm³/mol. The first-order valence-electron chi connectivity index (χ1n) is 8.73. The molecule has 1 saturated carbocycles. The van der Waals surface area contributed by atoms with Gasteiger partial charge in [0.15, 0.2) is 5.96 Å². The van der Waals surface area contributed by atoms with Crippen LogP contribution in [0.3, 0.4) is 0 Å². The van der Waals surface area contributed by atoms with Gasteiger partial charge in [0, 0.05) is 37.8 Å². The number of rotatable bonds is 8. The highest BCUT2D eigenvalue weighted by atomic mass is 32.2. The molecule has 0 unspecified atom stereocenters. The molecule has 1 amide bonds. The van der Waals surface area contributed by atoms with Crippen molar-refractivity contribution in [3.05, 3.63) is 0 Å². The first kappa shape index (κ1) is 20.1. The summed E-state index contributed by atoms with van der Waals surface area (Å²) in [4.78, 5) is 16.1. The van der Waals surface area contributed by atoms with E-state index in [0.29, 0.717) is 25.4 Å². The molecule has 23 heavy (non-hydrogen) atoms. The molecule has 0 aliphatic heterocycles. The van der Waals surface area contributed by atoms with Gasteiger partial charge in [0.2, 0.25) is 5.91 Å². The maximum atomic E-state index is 11.9. The molecule has 6 heteroatoms. The van der Waals surface area contributed by atoms with E-state index in [-0.39, 0.29) is 10.7 Å². The zero-order chi connectivity index (χ0) is 17.1. The SMILES string of the molecule is CN=C(NCCNC(=O)CC1CCCCC1)NCC(C)(C)SC. The summed E-state index contributed by atoms with van der Waals surface area (Å²) in [6.07, 6.45) is 9.14. The molecular formula is C17H34N4OS. The Hall–Kier alpha value is -0.910. The summed E-state index contributed by atoms with van der Waals surface area (Å²) >= 11 is 1.83. The van der Waals surface area contributed by atoms with Crippen LogP contribution in [-0.4, -0.2) is 49.6 Å². The van der Waals surface area contributed by atoms with Crippen LogP contribution in [0.1, 0.15) is 52.4 Å². The molecule has 5 nitrogen and oxygen atoms in total. The molecule has 0 bridgehead atoms. The molecule has 0 atom stereocenters. The summed E-state index contributed by atoms with van der Waals surface area (Å²) in [5, 5.41) is 9.56. The van der Waals surface area contributed by atoms with Crippen molar-refractivity contribution in [1.82, 2.24) is 16.0 Å². The van der Waals surface area contributed by atoms with Crippen molar-refractivity contribution in [3.63, 3.8) is 0 Å². The highest BCUT2D eigenvalue weighted by molar-refractivity contribution is 7.99. The minimum Gasteiger partial charge on any atom is -0.355 e. The maximum absolute atomic E-state index is 11.9. The number of amides is 1. The van der Waals surface area contributed by atoms with Crippen molar-refractivity contribution in [2.75, 3.05) is 32.9 Å². The van der Waals surface area contributed by atoms with Crippen molar-refractivity contribution < 1.29 is 4.79 Å². The van der Waals surface area contributed by atoms with E-state index in [4.69, 9.17) is 0 Å². The lowest BCUT2D eigenvalue weighted by atomic mass is 9.87. The van der Waals surface area contributed by atoms with Crippen LogP contribution in [0.2, 0.25) is 0 Å². The van der Waals surface area contributed by atoms with Gasteiger partial charge in [-0.15, -0.1) is 0 Å². The fourth-order valence-corrected chi connectivity index (χ4v) is 2.91. The second kappa shape index (κ2) is 10.8. The molecule has 3 N–H and O–H groups in total. The van der Waals surface area contributed by atoms with E-state index in [2.05, 4.69) is 41.0 Å². The van der Waals surface area contributed by atoms with Crippen molar-refractivity contribution >= 4 is 23.6 Å². The Bertz CT molecular complexity index is 379. The number of thioether (sulfide) groups is 1. The standard InChI is InChI=1S/C17H34N4OS/c1-17(2,23-4)13-21-16(18-3)20-11-10-19-15(22)12-14-8-6-5-7-9-14/h14H,5-13H2,1-4H3,(H,19,22)(H2,18,20,21). The van der Waals surface area contributed by atoms with Crippen LogP contribution in [0.15, 0.2) is 4.99 Å². The topological polar surface area (TPSA) is 65.5 Å². The minimum atomic E-state index is 0.172. The monoisotopic (exact) mass is 342 g/mol. The normalized spacial score (nSPS) is 17.0. The van der Waals surface area contributed by atoms with Crippen molar-refractivity contribution in [2.24, 2.45) is 10.9 Å². The van der Waals surface area contributed by atoms with E-state index in [1.54, 1.807) is 7.05 Å². The number of nitrogens with zero attached hydrogens (tertiary/aromatic N) is 1. The molecular weight excluding hydrogens is 308 g/mol. The fraction of sp³-hybridized carbons (Fsp3) is 0.882. The molecule has 0 spiro atoms. The largest absolute Gasteiger partial charge is 0.355 e. The van der Waals surface area contributed by atoms with Crippen LogP contribution in [0.25, 0.3) is 0 Å². The van der Waals surface area contributed by atoms with Gasteiger partial charge in [-0.2, -0.15) is 11.8 Å². The number of hydrogen-bond acceptors (Lipinski definition) is 3. The number of carbonyl (C=O) groups is 1. The molecule has 0 aromatic carbocycles.